The van der Waals surface area contributed by atoms with E-state index >= 15 is 0 Å². The molecule has 2 aromatic rings. The highest BCUT2D eigenvalue weighted by atomic mass is 15.1. The summed E-state index contributed by atoms with van der Waals surface area (Å²) in [6.07, 6.45) is 4.57. The summed E-state index contributed by atoms with van der Waals surface area (Å²) in [4.78, 5) is 2.57. The van der Waals surface area contributed by atoms with Gasteiger partial charge >= 0.3 is 0 Å². The summed E-state index contributed by atoms with van der Waals surface area (Å²) in [7, 11) is 0. The van der Waals surface area contributed by atoms with E-state index in [0.717, 1.165) is 45.6 Å². The first-order valence-corrected chi connectivity index (χ1v) is 10.0. The second-order valence-electron chi connectivity index (χ2n) is 7.09. The van der Waals surface area contributed by atoms with E-state index in [0.29, 0.717) is 0 Å². The molecule has 3 rings (SSSR count). The van der Waals surface area contributed by atoms with Gasteiger partial charge in [-0.3, -0.25) is 0 Å². The maximum atomic E-state index is 5.65. The number of hydrogen-bond acceptors (Lipinski definition) is 3. The third-order valence-electron chi connectivity index (χ3n) is 5.33. The number of rotatable bonds is 6. The van der Waals surface area contributed by atoms with E-state index in [1.807, 2.05) is 0 Å². The molecule has 1 saturated heterocycles. The number of nitrogens with zero attached hydrogens (tertiary/aromatic N) is 1. The molecule has 4 N–H and O–H groups in total. The summed E-state index contributed by atoms with van der Waals surface area (Å²) >= 11 is 0. The van der Waals surface area contributed by atoms with Crippen molar-refractivity contribution in [2.75, 3.05) is 32.7 Å². The molecule has 0 amide bonds. The largest absolute Gasteiger partial charge is 0.330 e. The molecule has 1 aliphatic heterocycles. The molecule has 2 aromatic carbocycles. The van der Waals surface area contributed by atoms with Crippen molar-refractivity contribution < 1.29 is 0 Å². The Labute approximate surface area is 159 Å². The van der Waals surface area contributed by atoms with Gasteiger partial charge in [-0.1, -0.05) is 67.6 Å². The van der Waals surface area contributed by atoms with Gasteiger partial charge in [-0.05, 0) is 69.5 Å². The number of hydrogen-bond donors (Lipinski definition) is 2. The molecule has 1 aliphatic rings. The zero-order chi connectivity index (χ0) is 18.7. The minimum absolute atomic E-state index is 0.168. The van der Waals surface area contributed by atoms with Gasteiger partial charge in [0.2, 0.25) is 0 Å². The predicted octanol–water partition coefficient (Wildman–Crippen LogP) is 3.77. The molecule has 142 valence electrons. The maximum absolute atomic E-state index is 5.65. The molecule has 0 unspecified atom stereocenters. The highest BCUT2D eigenvalue weighted by Gasteiger charge is 2.37. The van der Waals surface area contributed by atoms with Gasteiger partial charge in [0.15, 0.2) is 0 Å². The lowest BCUT2D eigenvalue weighted by Crippen LogP contribution is -2.43. The molecule has 1 heterocycles. The zero-order valence-electron chi connectivity index (χ0n) is 16.2. The monoisotopic (exact) mass is 353 g/mol. The normalized spacial score (nSPS) is 16.6. The van der Waals surface area contributed by atoms with Crippen molar-refractivity contribution in [3.8, 4) is 0 Å². The van der Waals surface area contributed by atoms with Crippen LogP contribution in [-0.4, -0.2) is 37.6 Å². The molecule has 1 fully saturated rings. The lowest BCUT2D eigenvalue weighted by Gasteiger charge is -2.43. The molecule has 0 bridgehead atoms. The van der Waals surface area contributed by atoms with Crippen LogP contribution in [0.15, 0.2) is 60.7 Å². The fourth-order valence-electron chi connectivity index (χ4n) is 3.73. The van der Waals surface area contributed by atoms with Crippen LogP contribution in [0.25, 0.3) is 0 Å². The van der Waals surface area contributed by atoms with Gasteiger partial charge in [0.1, 0.15) is 0 Å². The average Bonchev–Trinajstić information content (AvgIpc) is 2.74. The Hall–Kier alpha value is -1.68. The second-order valence-corrected chi connectivity index (χ2v) is 7.09. The van der Waals surface area contributed by atoms with Crippen LogP contribution >= 0.6 is 0 Å². The first-order valence-electron chi connectivity index (χ1n) is 10.0. The quantitative estimate of drug-likeness (QED) is 0.831. The van der Waals surface area contributed by atoms with Gasteiger partial charge in [0.25, 0.3) is 0 Å². The van der Waals surface area contributed by atoms with Crippen molar-refractivity contribution in [3.05, 3.63) is 71.8 Å². The van der Waals surface area contributed by atoms with Crippen molar-refractivity contribution in [1.82, 2.24) is 4.90 Å². The number of nitrogens with two attached hydrogens (primary N) is 2. The van der Waals surface area contributed by atoms with Crippen LogP contribution in [0.4, 0.5) is 0 Å². The Morgan fingerprint density at radius 3 is 1.65 bits per heavy atom. The van der Waals surface area contributed by atoms with E-state index in [9.17, 15) is 0 Å². The lowest BCUT2D eigenvalue weighted by atomic mass is 9.68. The fourth-order valence-corrected chi connectivity index (χ4v) is 3.73. The van der Waals surface area contributed by atoms with Gasteiger partial charge in [-0.15, -0.1) is 0 Å². The third kappa shape index (κ3) is 5.41. The van der Waals surface area contributed by atoms with Gasteiger partial charge in [0, 0.05) is 5.41 Å². The topological polar surface area (TPSA) is 55.3 Å². The van der Waals surface area contributed by atoms with Crippen molar-refractivity contribution >= 4 is 0 Å². The molecule has 0 aliphatic carbocycles. The predicted molar refractivity (Wildman–Crippen MR) is 112 cm³/mol. The Kier molecular flexibility index (Phi) is 8.82. The molecule has 3 heteroatoms. The number of benzene rings is 2. The molecule has 26 heavy (non-hydrogen) atoms. The average molecular weight is 354 g/mol. The molecule has 3 nitrogen and oxygen atoms in total. The lowest BCUT2D eigenvalue weighted by molar-refractivity contribution is 0.178. The summed E-state index contributed by atoms with van der Waals surface area (Å²) < 4.78 is 0. The van der Waals surface area contributed by atoms with E-state index in [-0.39, 0.29) is 5.41 Å². The van der Waals surface area contributed by atoms with Crippen LogP contribution in [0.5, 0.6) is 0 Å². The van der Waals surface area contributed by atoms with E-state index in [2.05, 4.69) is 72.5 Å². The summed E-state index contributed by atoms with van der Waals surface area (Å²) in [6.45, 7) is 7.11. The summed E-state index contributed by atoms with van der Waals surface area (Å²) in [5, 5.41) is 0. The Morgan fingerprint density at radius 2 is 1.27 bits per heavy atom. The minimum Gasteiger partial charge on any atom is -0.330 e. The SMILES string of the molecule is CCCN.NCCCN1CCC(c2ccccc2)(c2ccccc2)CC1. The maximum Gasteiger partial charge on any atom is 0.0227 e. The van der Waals surface area contributed by atoms with Crippen molar-refractivity contribution in [2.45, 2.75) is 38.0 Å². The Balaban J connectivity index is 0.000000552. The van der Waals surface area contributed by atoms with Crippen molar-refractivity contribution in [2.24, 2.45) is 11.5 Å². The first kappa shape index (κ1) is 20.6. The molecule has 0 aromatic heterocycles. The van der Waals surface area contributed by atoms with E-state index in [1.165, 1.54) is 24.0 Å². The summed E-state index contributed by atoms with van der Waals surface area (Å²) in [5.74, 6) is 0. The molecule has 0 saturated carbocycles. The minimum atomic E-state index is 0.168. The molecular formula is C23H35N3. The van der Waals surface area contributed by atoms with Crippen molar-refractivity contribution in [3.63, 3.8) is 0 Å². The van der Waals surface area contributed by atoms with Gasteiger partial charge in [-0.25, -0.2) is 0 Å². The standard InChI is InChI=1S/C20H26N2.C3H9N/c21-14-7-15-22-16-12-20(13-17-22,18-8-3-1-4-9-18)19-10-5-2-6-11-19;1-2-3-4/h1-6,8-11H,7,12-17,21H2;2-4H2,1H3. The van der Waals surface area contributed by atoms with E-state index in [1.54, 1.807) is 0 Å². The number of piperidine rings is 1. The Bertz CT molecular complexity index is 546. The molecule has 0 spiro atoms. The van der Waals surface area contributed by atoms with Crippen molar-refractivity contribution in [1.29, 1.82) is 0 Å². The van der Waals surface area contributed by atoms with Crippen LogP contribution in [0.3, 0.4) is 0 Å². The highest BCUT2D eigenvalue weighted by Crippen LogP contribution is 2.41. The molecule has 0 atom stereocenters. The van der Waals surface area contributed by atoms with Gasteiger partial charge in [0.05, 0.1) is 0 Å². The van der Waals surface area contributed by atoms with E-state index < -0.39 is 0 Å². The van der Waals surface area contributed by atoms with Crippen LogP contribution < -0.4 is 11.5 Å². The summed E-state index contributed by atoms with van der Waals surface area (Å²) in [5.41, 5.74) is 13.8. The Morgan fingerprint density at radius 1 is 0.808 bits per heavy atom. The smallest absolute Gasteiger partial charge is 0.0227 e. The van der Waals surface area contributed by atoms with Crippen LogP contribution in [0.1, 0.15) is 43.7 Å². The van der Waals surface area contributed by atoms with Gasteiger partial charge < -0.3 is 16.4 Å². The van der Waals surface area contributed by atoms with E-state index in [4.69, 9.17) is 11.5 Å². The third-order valence-corrected chi connectivity index (χ3v) is 5.33. The summed E-state index contributed by atoms with van der Waals surface area (Å²) in [6, 6.07) is 22.1. The first-order chi connectivity index (χ1) is 12.8. The fraction of sp³-hybridized carbons (Fsp3) is 0.478. The molecule has 0 radical (unpaired) electrons. The molecular weight excluding hydrogens is 318 g/mol. The number of likely N-dealkylation sites (tertiary alicyclic amines) is 1. The van der Waals surface area contributed by atoms with Gasteiger partial charge in [-0.2, -0.15) is 0 Å². The zero-order valence-corrected chi connectivity index (χ0v) is 16.2. The van der Waals surface area contributed by atoms with Crippen LogP contribution in [-0.2, 0) is 5.41 Å². The van der Waals surface area contributed by atoms with Crippen LogP contribution in [0.2, 0.25) is 0 Å². The highest BCUT2D eigenvalue weighted by molar-refractivity contribution is 5.40. The van der Waals surface area contributed by atoms with Crippen LogP contribution in [0, 0.1) is 0 Å². The second kappa shape index (κ2) is 11.1.